The van der Waals surface area contributed by atoms with Gasteiger partial charge in [0, 0.05) is 18.2 Å². The molecule has 0 aliphatic carbocycles. The second-order valence-electron chi connectivity index (χ2n) is 3.11. The maximum absolute atomic E-state index is 5.84. The Morgan fingerprint density at radius 3 is 2.44 bits per heavy atom. The van der Waals surface area contributed by atoms with Crippen molar-refractivity contribution >= 4 is 11.6 Å². The number of halogens is 1. The van der Waals surface area contributed by atoms with E-state index in [-0.39, 0.29) is 6.29 Å². The Morgan fingerprint density at radius 2 is 1.88 bits per heavy atom. The van der Waals surface area contributed by atoms with Crippen LogP contribution in [0.1, 0.15) is 13.8 Å². The van der Waals surface area contributed by atoms with Crippen molar-refractivity contribution in [3.05, 3.63) is 29.3 Å². The molecule has 0 fully saturated rings. The van der Waals surface area contributed by atoms with E-state index in [1.807, 2.05) is 26.0 Å². The lowest BCUT2D eigenvalue weighted by Gasteiger charge is -2.17. The third kappa shape index (κ3) is 4.84. The van der Waals surface area contributed by atoms with Gasteiger partial charge in [0.25, 0.3) is 0 Å². The summed E-state index contributed by atoms with van der Waals surface area (Å²) in [4.78, 5) is 0. The van der Waals surface area contributed by atoms with E-state index in [9.17, 15) is 0 Å². The molecule has 4 heteroatoms. The molecule has 0 amide bonds. The number of rotatable bonds is 7. The van der Waals surface area contributed by atoms with E-state index in [0.717, 1.165) is 5.75 Å². The second kappa shape index (κ2) is 7.49. The van der Waals surface area contributed by atoms with Crippen molar-refractivity contribution in [3.8, 4) is 5.75 Å². The molecule has 1 aromatic rings. The lowest BCUT2D eigenvalue weighted by molar-refractivity contribution is -0.152. The van der Waals surface area contributed by atoms with Crippen LogP contribution in [0.3, 0.4) is 0 Å². The standard InChI is InChI=1S/C12H17ClO3/c1-3-14-12(15-4-2)9-16-11-7-5-6-10(13)8-11/h5-8,12H,3-4,9H2,1-2H3. The van der Waals surface area contributed by atoms with E-state index in [1.165, 1.54) is 0 Å². The van der Waals surface area contributed by atoms with Crippen LogP contribution in [0.5, 0.6) is 5.75 Å². The Bertz CT molecular complexity index is 298. The number of hydrogen-bond acceptors (Lipinski definition) is 3. The molecular weight excluding hydrogens is 228 g/mol. The van der Waals surface area contributed by atoms with Gasteiger partial charge in [-0.15, -0.1) is 0 Å². The summed E-state index contributed by atoms with van der Waals surface area (Å²) in [5.41, 5.74) is 0. The van der Waals surface area contributed by atoms with Crippen molar-refractivity contribution in [3.63, 3.8) is 0 Å². The van der Waals surface area contributed by atoms with Gasteiger partial charge in [0.05, 0.1) is 0 Å². The molecule has 0 bridgehead atoms. The molecule has 0 saturated carbocycles. The average Bonchev–Trinajstić information content (AvgIpc) is 2.27. The molecule has 0 saturated heterocycles. The monoisotopic (exact) mass is 244 g/mol. The molecule has 1 aromatic carbocycles. The zero-order valence-corrected chi connectivity index (χ0v) is 10.4. The van der Waals surface area contributed by atoms with Crippen LogP contribution in [-0.4, -0.2) is 26.1 Å². The normalized spacial score (nSPS) is 10.8. The van der Waals surface area contributed by atoms with Gasteiger partial charge >= 0.3 is 0 Å². The predicted octanol–water partition coefficient (Wildman–Crippen LogP) is 3.12. The smallest absolute Gasteiger partial charge is 0.191 e. The average molecular weight is 245 g/mol. The first-order valence-electron chi connectivity index (χ1n) is 5.37. The van der Waals surface area contributed by atoms with Gasteiger partial charge in [-0.3, -0.25) is 0 Å². The Morgan fingerprint density at radius 1 is 1.19 bits per heavy atom. The van der Waals surface area contributed by atoms with E-state index < -0.39 is 0 Å². The summed E-state index contributed by atoms with van der Waals surface area (Å²) in [6.07, 6.45) is -0.325. The molecule has 0 radical (unpaired) electrons. The van der Waals surface area contributed by atoms with Crippen molar-refractivity contribution < 1.29 is 14.2 Å². The summed E-state index contributed by atoms with van der Waals surface area (Å²) in [6, 6.07) is 7.25. The number of ether oxygens (including phenoxy) is 3. The summed E-state index contributed by atoms with van der Waals surface area (Å²) < 4.78 is 16.2. The summed E-state index contributed by atoms with van der Waals surface area (Å²) >= 11 is 5.84. The lowest BCUT2D eigenvalue weighted by Crippen LogP contribution is -2.25. The number of benzene rings is 1. The van der Waals surface area contributed by atoms with Gasteiger partial charge in [0.15, 0.2) is 6.29 Å². The fourth-order valence-electron chi connectivity index (χ4n) is 1.24. The SMILES string of the molecule is CCOC(COc1cccc(Cl)c1)OCC. The van der Waals surface area contributed by atoms with Crippen LogP contribution < -0.4 is 4.74 Å². The highest BCUT2D eigenvalue weighted by Gasteiger charge is 2.08. The molecule has 90 valence electrons. The Kier molecular flexibility index (Phi) is 6.23. The molecule has 1 rings (SSSR count). The first-order valence-corrected chi connectivity index (χ1v) is 5.75. The van der Waals surface area contributed by atoms with Crippen LogP contribution >= 0.6 is 11.6 Å². The van der Waals surface area contributed by atoms with Gasteiger partial charge in [-0.1, -0.05) is 17.7 Å². The molecule has 3 nitrogen and oxygen atoms in total. The minimum atomic E-state index is -0.325. The minimum absolute atomic E-state index is 0.325. The minimum Gasteiger partial charge on any atom is -0.488 e. The maximum atomic E-state index is 5.84. The van der Waals surface area contributed by atoms with Crippen molar-refractivity contribution in [2.75, 3.05) is 19.8 Å². The van der Waals surface area contributed by atoms with Crippen LogP contribution in [-0.2, 0) is 9.47 Å². The summed E-state index contributed by atoms with van der Waals surface area (Å²) in [5, 5.41) is 0.655. The third-order valence-corrected chi connectivity index (χ3v) is 2.12. The summed E-state index contributed by atoms with van der Waals surface area (Å²) in [5.74, 6) is 0.719. The van der Waals surface area contributed by atoms with Gasteiger partial charge in [0.1, 0.15) is 12.4 Å². The Hall–Kier alpha value is -0.770. The fraction of sp³-hybridized carbons (Fsp3) is 0.500. The molecular formula is C12H17ClO3. The second-order valence-corrected chi connectivity index (χ2v) is 3.55. The molecule has 0 aliphatic rings. The summed E-state index contributed by atoms with van der Waals surface area (Å²) in [7, 11) is 0. The van der Waals surface area contributed by atoms with E-state index >= 15 is 0 Å². The van der Waals surface area contributed by atoms with Crippen LogP contribution in [0.15, 0.2) is 24.3 Å². The molecule has 0 N–H and O–H groups in total. The first-order chi connectivity index (χ1) is 7.76. The zero-order chi connectivity index (χ0) is 11.8. The topological polar surface area (TPSA) is 27.7 Å². The van der Waals surface area contributed by atoms with E-state index in [0.29, 0.717) is 24.8 Å². The molecule has 0 heterocycles. The van der Waals surface area contributed by atoms with Gasteiger partial charge in [0.2, 0.25) is 0 Å². The lowest BCUT2D eigenvalue weighted by atomic mass is 10.3. The Labute approximate surface area is 101 Å². The van der Waals surface area contributed by atoms with Crippen LogP contribution in [0.25, 0.3) is 0 Å². The highest BCUT2D eigenvalue weighted by molar-refractivity contribution is 6.30. The van der Waals surface area contributed by atoms with E-state index in [1.54, 1.807) is 12.1 Å². The van der Waals surface area contributed by atoms with Crippen LogP contribution in [0.4, 0.5) is 0 Å². The number of hydrogen-bond donors (Lipinski definition) is 0. The van der Waals surface area contributed by atoms with Crippen LogP contribution in [0.2, 0.25) is 5.02 Å². The highest BCUT2D eigenvalue weighted by atomic mass is 35.5. The van der Waals surface area contributed by atoms with Gasteiger partial charge in [-0.05, 0) is 32.0 Å². The summed E-state index contributed by atoms with van der Waals surface area (Å²) in [6.45, 7) is 5.41. The Balaban J connectivity index is 2.41. The zero-order valence-electron chi connectivity index (χ0n) is 9.61. The van der Waals surface area contributed by atoms with Crippen molar-refractivity contribution in [1.29, 1.82) is 0 Å². The molecule has 0 spiro atoms. The van der Waals surface area contributed by atoms with Crippen LogP contribution in [0, 0.1) is 0 Å². The van der Waals surface area contributed by atoms with Crippen molar-refractivity contribution in [2.24, 2.45) is 0 Å². The molecule has 16 heavy (non-hydrogen) atoms. The third-order valence-electron chi connectivity index (χ3n) is 1.89. The van der Waals surface area contributed by atoms with Crippen molar-refractivity contribution in [1.82, 2.24) is 0 Å². The van der Waals surface area contributed by atoms with E-state index in [4.69, 9.17) is 25.8 Å². The van der Waals surface area contributed by atoms with Gasteiger partial charge in [-0.25, -0.2) is 0 Å². The van der Waals surface area contributed by atoms with Crippen molar-refractivity contribution in [2.45, 2.75) is 20.1 Å². The first kappa shape index (κ1) is 13.3. The quantitative estimate of drug-likeness (QED) is 0.690. The molecule has 0 aromatic heterocycles. The van der Waals surface area contributed by atoms with E-state index in [2.05, 4.69) is 0 Å². The largest absolute Gasteiger partial charge is 0.488 e. The molecule has 0 aliphatic heterocycles. The predicted molar refractivity (Wildman–Crippen MR) is 64.0 cm³/mol. The highest BCUT2D eigenvalue weighted by Crippen LogP contribution is 2.17. The molecule has 0 atom stereocenters. The molecule has 0 unspecified atom stereocenters. The fourth-order valence-corrected chi connectivity index (χ4v) is 1.42. The van der Waals surface area contributed by atoms with Gasteiger partial charge in [-0.2, -0.15) is 0 Å². The van der Waals surface area contributed by atoms with Gasteiger partial charge < -0.3 is 14.2 Å². The maximum Gasteiger partial charge on any atom is 0.191 e.